The molecule has 3 rings (SSSR count). The van der Waals surface area contributed by atoms with Gasteiger partial charge in [0.05, 0.1) is 17.3 Å². The minimum atomic E-state index is -4.61. The number of halogens is 3. The van der Waals surface area contributed by atoms with Crippen LogP contribution in [0.1, 0.15) is 30.3 Å². The third kappa shape index (κ3) is 4.17. The van der Waals surface area contributed by atoms with Gasteiger partial charge in [-0.1, -0.05) is 30.3 Å². The second-order valence-corrected chi connectivity index (χ2v) is 5.97. The molecular formula is C17H17F3N6O. The van der Waals surface area contributed by atoms with Crippen LogP contribution in [-0.4, -0.2) is 27.4 Å². The molecule has 0 saturated carbocycles. The number of urea groups is 1. The molecule has 0 saturated heterocycles. The maximum atomic E-state index is 12.8. The zero-order valence-corrected chi connectivity index (χ0v) is 14.2. The number of anilines is 1. The Balaban J connectivity index is 1.72. The lowest BCUT2D eigenvalue weighted by molar-refractivity contribution is -0.149. The number of aromatic nitrogens is 3. The minimum absolute atomic E-state index is 0.142. The third-order valence-corrected chi connectivity index (χ3v) is 4.02. The van der Waals surface area contributed by atoms with Crippen molar-refractivity contribution in [2.24, 2.45) is 5.73 Å². The first-order valence-electron chi connectivity index (χ1n) is 8.04. The van der Waals surface area contributed by atoms with Crippen LogP contribution >= 0.6 is 0 Å². The van der Waals surface area contributed by atoms with Crippen molar-refractivity contribution in [3.63, 3.8) is 0 Å². The van der Waals surface area contributed by atoms with E-state index in [9.17, 15) is 18.0 Å². The molecule has 10 heteroatoms. The summed E-state index contributed by atoms with van der Waals surface area (Å²) in [5, 5.41) is 11.5. The number of pyridine rings is 1. The zero-order valence-electron chi connectivity index (χ0n) is 14.2. The summed E-state index contributed by atoms with van der Waals surface area (Å²) in [6.45, 7) is 1.82. The summed E-state index contributed by atoms with van der Waals surface area (Å²) in [6.07, 6.45) is -3.42. The summed E-state index contributed by atoms with van der Waals surface area (Å²) >= 11 is 0. The molecule has 0 spiro atoms. The quantitative estimate of drug-likeness (QED) is 0.558. The van der Waals surface area contributed by atoms with Crippen LogP contribution in [-0.2, 0) is 0 Å². The number of rotatable bonds is 4. The number of carbonyl (C=O) groups excluding carboxylic acids is 1. The highest BCUT2D eigenvalue weighted by molar-refractivity contribution is 5.91. The van der Waals surface area contributed by atoms with Crippen LogP contribution in [0, 0.1) is 0 Å². The van der Waals surface area contributed by atoms with E-state index in [1.165, 1.54) is 12.3 Å². The van der Waals surface area contributed by atoms with Gasteiger partial charge in [0.15, 0.2) is 0 Å². The van der Waals surface area contributed by atoms with Crippen molar-refractivity contribution in [2.45, 2.75) is 25.2 Å². The van der Waals surface area contributed by atoms with E-state index in [4.69, 9.17) is 5.73 Å². The van der Waals surface area contributed by atoms with Crippen LogP contribution in [0.15, 0.2) is 42.6 Å². The standard InChI is InChI=1S/C17H17F3N6O/c1-9(10-5-3-2-4-6-10)23-16(27)24-13-7-12-11(8-22-13)14(26-25-12)15(21)17(18,19)20/h2-9,15H,21H2,1H3,(H,25,26)(H2,22,23,24,27). The van der Waals surface area contributed by atoms with Gasteiger partial charge in [0, 0.05) is 17.6 Å². The lowest BCUT2D eigenvalue weighted by Crippen LogP contribution is -2.31. The highest BCUT2D eigenvalue weighted by Crippen LogP contribution is 2.33. The van der Waals surface area contributed by atoms with Gasteiger partial charge in [-0.2, -0.15) is 18.3 Å². The van der Waals surface area contributed by atoms with Gasteiger partial charge in [-0.3, -0.25) is 10.4 Å². The van der Waals surface area contributed by atoms with E-state index in [-0.39, 0.29) is 28.5 Å². The van der Waals surface area contributed by atoms with Crippen LogP contribution in [0.2, 0.25) is 0 Å². The number of aromatic amines is 1. The number of hydrogen-bond acceptors (Lipinski definition) is 4. The van der Waals surface area contributed by atoms with Gasteiger partial charge in [-0.05, 0) is 12.5 Å². The third-order valence-electron chi connectivity index (χ3n) is 4.02. The molecule has 0 radical (unpaired) electrons. The minimum Gasteiger partial charge on any atom is -0.331 e. The number of nitrogens with one attached hydrogen (secondary N) is 3. The Labute approximate surface area is 152 Å². The Morgan fingerprint density at radius 2 is 1.96 bits per heavy atom. The van der Waals surface area contributed by atoms with E-state index in [1.54, 1.807) is 0 Å². The lowest BCUT2D eigenvalue weighted by atomic mass is 10.1. The molecule has 0 aliphatic carbocycles. The number of carbonyl (C=O) groups is 1. The normalized spacial score (nSPS) is 14.0. The molecule has 142 valence electrons. The summed E-state index contributed by atoms with van der Waals surface area (Å²) in [5.74, 6) is 0.152. The van der Waals surface area contributed by atoms with Crippen molar-refractivity contribution in [3.8, 4) is 0 Å². The molecule has 0 aliphatic rings. The van der Waals surface area contributed by atoms with Gasteiger partial charge >= 0.3 is 12.2 Å². The van der Waals surface area contributed by atoms with Gasteiger partial charge in [-0.25, -0.2) is 9.78 Å². The van der Waals surface area contributed by atoms with Gasteiger partial charge in [0.2, 0.25) is 0 Å². The van der Waals surface area contributed by atoms with Gasteiger partial charge < -0.3 is 11.1 Å². The van der Waals surface area contributed by atoms with Crippen LogP contribution in [0.3, 0.4) is 0 Å². The number of nitrogens with zero attached hydrogens (tertiary/aromatic N) is 2. The molecule has 0 aliphatic heterocycles. The molecule has 7 nitrogen and oxygen atoms in total. The van der Waals surface area contributed by atoms with E-state index in [0.29, 0.717) is 0 Å². The Bertz CT molecular complexity index is 941. The maximum Gasteiger partial charge on any atom is 0.409 e. The Hall–Kier alpha value is -3.14. The predicted octanol–water partition coefficient (Wildman–Crippen LogP) is 3.40. The number of benzene rings is 1. The largest absolute Gasteiger partial charge is 0.409 e. The van der Waals surface area contributed by atoms with Crippen molar-refractivity contribution in [1.29, 1.82) is 0 Å². The number of alkyl halides is 3. The lowest BCUT2D eigenvalue weighted by Gasteiger charge is -2.15. The number of nitrogens with two attached hydrogens (primary N) is 1. The molecule has 0 fully saturated rings. The molecule has 5 N–H and O–H groups in total. The summed E-state index contributed by atoms with van der Waals surface area (Å²) in [5.41, 5.74) is 6.07. The molecule has 2 amide bonds. The molecule has 1 aromatic carbocycles. The van der Waals surface area contributed by atoms with Crippen molar-refractivity contribution >= 4 is 22.8 Å². The summed E-state index contributed by atoms with van der Waals surface area (Å²) in [4.78, 5) is 16.1. The fourth-order valence-electron chi connectivity index (χ4n) is 2.57. The average molecular weight is 378 g/mol. The molecule has 2 heterocycles. The fourth-order valence-corrected chi connectivity index (χ4v) is 2.57. The van der Waals surface area contributed by atoms with Gasteiger partial charge in [0.25, 0.3) is 0 Å². The van der Waals surface area contributed by atoms with E-state index in [1.807, 2.05) is 37.3 Å². The Morgan fingerprint density at radius 1 is 1.26 bits per heavy atom. The summed E-state index contributed by atoms with van der Waals surface area (Å²) in [7, 11) is 0. The van der Waals surface area contributed by atoms with E-state index in [0.717, 1.165) is 5.56 Å². The molecule has 27 heavy (non-hydrogen) atoms. The number of hydrogen-bond donors (Lipinski definition) is 4. The van der Waals surface area contributed by atoms with Crippen molar-refractivity contribution in [3.05, 3.63) is 53.9 Å². The van der Waals surface area contributed by atoms with Crippen LogP contribution in [0.25, 0.3) is 10.9 Å². The first-order valence-corrected chi connectivity index (χ1v) is 8.04. The molecule has 2 aromatic heterocycles. The van der Waals surface area contributed by atoms with E-state index in [2.05, 4.69) is 25.8 Å². The first-order chi connectivity index (χ1) is 12.8. The summed E-state index contributed by atoms with van der Waals surface area (Å²) < 4.78 is 38.4. The smallest absolute Gasteiger partial charge is 0.331 e. The van der Waals surface area contributed by atoms with Crippen LogP contribution < -0.4 is 16.4 Å². The van der Waals surface area contributed by atoms with Crippen LogP contribution in [0.4, 0.5) is 23.8 Å². The molecule has 2 atom stereocenters. The second kappa shape index (κ2) is 7.23. The monoisotopic (exact) mass is 378 g/mol. The van der Waals surface area contributed by atoms with Crippen LogP contribution in [0.5, 0.6) is 0 Å². The molecule has 0 bridgehead atoms. The highest BCUT2D eigenvalue weighted by Gasteiger charge is 2.40. The average Bonchev–Trinajstić information content (AvgIpc) is 3.03. The summed E-state index contributed by atoms with van der Waals surface area (Å²) in [6, 6.07) is 7.79. The topological polar surface area (TPSA) is 109 Å². The van der Waals surface area contributed by atoms with Gasteiger partial charge in [0.1, 0.15) is 11.9 Å². The Kier molecular flexibility index (Phi) is 5.00. The molecular weight excluding hydrogens is 361 g/mol. The Morgan fingerprint density at radius 3 is 2.63 bits per heavy atom. The molecule has 2 unspecified atom stereocenters. The first kappa shape index (κ1) is 18.6. The zero-order chi connectivity index (χ0) is 19.6. The van der Waals surface area contributed by atoms with Crippen molar-refractivity contribution < 1.29 is 18.0 Å². The highest BCUT2D eigenvalue weighted by atomic mass is 19.4. The second-order valence-electron chi connectivity index (χ2n) is 5.97. The molecule has 3 aromatic rings. The number of H-pyrrole nitrogens is 1. The van der Waals surface area contributed by atoms with Crippen molar-refractivity contribution in [2.75, 3.05) is 5.32 Å². The maximum absolute atomic E-state index is 12.8. The number of fused-ring (bicyclic) bond motifs is 1. The number of amides is 2. The van der Waals surface area contributed by atoms with E-state index >= 15 is 0 Å². The van der Waals surface area contributed by atoms with E-state index < -0.39 is 18.2 Å². The van der Waals surface area contributed by atoms with Crippen molar-refractivity contribution in [1.82, 2.24) is 20.5 Å². The van der Waals surface area contributed by atoms with Gasteiger partial charge in [-0.15, -0.1) is 0 Å². The predicted molar refractivity (Wildman–Crippen MR) is 93.9 cm³/mol. The SMILES string of the molecule is CC(NC(=O)Nc1cc2n[nH]c(C(N)C(F)(F)F)c2cn1)c1ccccc1. The fraction of sp³-hybridized carbons (Fsp3) is 0.235.